The van der Waals surface area contributed by atoms with E-state index in [0.717, 1.165) is 18.7 Å². The monoisotopic (exact) mass is 233 g/mol. The van der Waals surface area contributed by atoms with Crippen LogP contribution in [0.2, 0.25) is 0 Å². The second-order valence-electron chi connectivity index (χ2n) is 3.61. The fourth-order valence-corrected chi connectivity index (χ4v) is 1.37. The molecule has 0 radical (unpaired) electrons. The van der Waals surface area contributed by atoms with Crippen LogP contribution >= 0.6 is 0 Å². The van der Waals surface area contributed by atoms with E-state index in [1.807, 2.05) is 4.57 Å². The van der Waals surface area contributed by atoms with Gasteiger partial charge in [-0.25, -0.2) is 13.8 Å². The summed E-state index contributed by atoms with van der Waals surface area (Å²) in [6, 6.07) is 0. The summed E-state index contributed by atoms with van der Waals surface area (Å²) in [5.74, 6) is 0. The Morgan fingerprint density at radius 1 is 1.56 bits per heavy atom. The molecule has 6 heteroatoms. The third kappa shape index (κ3) is 3.86. The van der Waals surface area contributed by atoms with E-state index in [0.29, 0.717) is 6.54 Å². The Balaban J connectivity index is 2.34. The Bertz CT molecular complexity index is 304. The molecular weight excluding hydrogens is 216 g/mol. The molecule has 0 aromatic carbocycles. The Hall–Kier alpha value is -1.01. The molecule has 0 aliphatic rings. The van der Waals surface area contributed by atoms with Crippen molar-refractivity contribution in [2.24, 2.45) is 0 Å². The van der Waals surface area contributed by atoms with Gasteiger partial charge in [0.1, 0.15) is 6.10 Å². The van der Waals surface area contributed by atoms with E-state index in [-0.39, 0.29) is 6.54 Å². The van der Waals surface area contributed by atoms with E-state index in [1.54, 1.807) is 12.5 Å². The molecule has 0 spiro atoms. The van der Waals surface area contributed by atoms with Crippen LogP contribution in [0.5, 0.6) is 0 Å². The van der Waals surface area contributed by atoms with Gasteiger partial charge in [0.25, 0.3) is 6.43 Å². The number of hydrogen-bond acceptors (Lipinski definition) is 3. The lowest BCUT2D eigenvalue weighted by Crippen LogP contribution is -2.32. The van der Waals surface area contributed by atoms with Crippen LogP contribution in [-0.4, -0.2) is 33.7 Å². The molecule has 0 bridgehead atoms. The Morgan fingerprint density at radius 2 is 2.31 bits per heavy atom. The minimum atomic E-state index is -2.70. The molecule has 4 nitrogen and oxygen atoms in total. The molecule has 1 rings (SSSR count). The average molecular weight is 233 g/mol. The van der Waals surface area contributed by atoms with Crippen LogP contribution in [-0.2, 0) is 13.1 Å². The van der Waals surface area contributed by atoms with Crippen molar-refractivity contribution in [3.8, 4) is 0 Å². The van der Waals surface area contributed by atoms with Crippen molar-refractivity contribution in [2.45, 2.75) is 39.0 Å². The lowest BCUT2D eigenvalue weighted by Gasteiger charge is -2.11. The minimum Gasteiger partial charge on any atom is -0.386 e. The van der Waals surface area contributed by atoms with E-state index in [4.69, 9.17) is 5.11 Å². The van der Waals surface area contributed by atoms with Crippen LogP contribution in [0.3, 0.4) is 0 Å². The topological polar surface area (TPSA) is 50.1 Å². The summed E-state index contributed by atoms with van der Waals surface area (Å²) in [5.41, 5.74) is 0.934. The number of nitrogens with zero attached hydrogens (tertiary/aromatic N) is 2. The molecule has 0 amide bonds. The highest BCUT2D eigenvalue weighted by Gasteiger charge is 2.15. The molecule has 2 N–H and O–H groups in total. The van der Waals surface area contributed by atoms with Gasteiger partial charge in [-0.3, -0.25) is 0 Å². The van der Waals surface area contributed by atoms with Gasteiger partial charge in [0.2, 0.25) is 0 Å². The quantitative estimate of drug-likeness (QED) is 0.739. The predicted octanol–water partition coefficient (Wildman–Crippen LogP) is 1.01. The van der Waals surface area contributed by atoms with Gasteiger partial charge in [0, 0.05) is 25.8 Å². The van der Waals surface area contributed by atoms with Crippen LogP contribution in [0.4, 0.5) is 8.78 Å². The summed E-state index contributed by atoms with van der Waals surface area (Å²) < 4.78 is 25.9. The summed E-state index contributed by atoms with van der Waals surface area (Å²) in [6.07, 6.45) is 0.0837. The first-order valence-electron chi connectivity index (χ1n) is 5.31. The van der Waals surface area contributed by atoms with Gasteiger partial charge in [0.05, 0.1) is 12.0 Å². The molecule has 0 aliphatic carbocycles. The number of hydrogen-bond donors (Lipinski definition) is 2. The van der Waals surface area contributed by atoms with Crippen molar-refractivity contribution in [1.29, 1.82) is 0 Å². The molecule has 1 aromatic heterocycles. The number of imidazole rings is 1. The van der Waals surface area contributed by atoms with Gasteiger partial charge in [-0.05, 0) is 6.42 Å². The summed E-state index contributed by atoms with van der Waals surface area (Å²) in [4.78, 5) is 3.99. The van der Waals surface area contributed by atoms with E-state index in [9.17, 15) is 8.78 Å². The first kappa shape index (κ1) is 13.1. The summed E-state index contributed by atoms with van der Waals surface area (Å²) in [5, 5.41) is 11.7. The fourth-order valence-electron chi connectivity index (χ4n) is 1.37. The molecule has 0 saturated heterocycles. The van der Waals surface area contributed by atoms with Crippen molar-refractivity contribution in [1.82, 2.24) is 14.9 Å². The highest BCUT2D eigenvalue weighted by Crippen LogP contribution is 2.02. The van der Waals surface area contributed by atoms with Gasteiger partial charge in [0.15, 0.2) is 0 Å². The zero-order valence-electron chi connectivity index (χ0n) is 9.24. The van der Waals surface area contributed by atoms with E-state index in [2.05, 4.69) is 17.2 Å². The number of aliphatic hydroxyl groups excluding tert-OH is 1. The number of rotatable bonds is 7. The van der Waals surface area contributed by atoms with Gasteiger partial charge in [-0.15, -0.1) is 0 Å². The first-order chi connectivity index (χ1) is 7.65. The smallest absolute Gasteiger partial charge is 0.265 e. The number of nitrogens with one attached hydrogen (secondary N) is 1. The van der Waals surface area contributed by atoms with Crippen LogP contribution in [0.25, 0.3) is 0 Å². The average Bonchev–Trinajstić information content (AvgIpc) is 2.66. The fraction of sp³-hybridized carbons (Fsp3) is 0.700. The maximum absolute atomic E-state index is 12.0. The predicted molar refractivity (Wildman–Crippen MR) is 56.2 cm³/mol. The van der Waals surface area contributed by atoms with Gasteiger partial charge in [-0.1, -0.05) is 6.92 Å². The third-order valence-corrected chi connectivity index (χ3v) is 2.21. The number of aryl methyl sites for hydroxylation is 1. The second-order valence-corrected chi connectivity index (χ2v) is 3.61. The summed E-state index contributed by atoms with van der Waals surface area (Å²) in [6.45, 7) is 3.23. The molecule has 0 aliphatic heterocycles. The molecular formula is C10H17F2N3O. The Kier molecular flexibility index (Phi) is 5.34. The number of halogens is 2. The molecule has 1 unspecified atom stereocenters. The number of alkyl halides is 2. The third-order valence-electron chi connectivity index (χ3n) is 2.21. The van der Waals surface area contributed by atoms with Crippen molar-refractivity contribution < 1.29 is 13.9 Å². The Labute approximate surface area is 93.3 Å². The molecule has 1 heterocycles. The van der Waals surface area contributed by atoms with Gasteiger partial charge >= 0.3 is 0 Å². The van der Waals surface area contributed by atoms with Crippen molar-refractivity contribution >= 4 is 0 Å². The van der Waals surface area contributed by atoms with Crippen molar-refractivity contribution in [2.75, 3.05) is 6.54 Å². The van der Waals surface area contributed by atoms with Crippen LogP contribution < -0.4 is 5.32 Å². The maximum atomic E-state index is 12.0. The summed E-state index contributed by atoms with van der Waals surface area (Å²) >= 11 is 0. The van der Waals surface area contributed by atoms with E-state index >= 15 is 0 Å². The van der Waals surface area contributed by atoms with Crippen LogP contribution in [0.15, 0.2) is 12.5 Å². The minimum absolute atomic E-state index is 0.116. The van der Waals surface area contributed by atoms with E-state index in [1.165, 1.54) is 0 Å². The number of aromatic nitrogens is 2. The van der Waals surface area contributed by atoms with Gasteiger partial charge in [-0.2, -0.15) is 0 Å². The zero-order valence-corrected chi connectivity index (χ0v) is 9.24. The van der Waals surface area contributed by atoms with E-state index < -0.39 is 12.5 Å². The molecule has 1 aromatic rings. The standard InChI is InChI=1S/C10H17F2N3O/c1-2-3-15-7-14-5-8(15)4-13-6-9(16)10(11)12/h5,7,9-10,13,16H,2-4,6H2,1H3. The molecule has 0 fully saturated rings. The lowest BCUT2D eigenvalue weighted by atomic mass is 10.3. The molecule has 0 saturated carbocycles. The normalized spacial score (nSPS) is 13.3. The van der Waals surface area contributed by atoms with Crippen LogP contribution in [0, 0.1) is 0 Å². The maximum Gasteiger partial charge on any atom is 0.265 e. The molecule has 92 valence electrons. The van der Waals surface area contributed by atoms with Gasteiger partial charge < -0.3 is 15.0 Å². The first-order valence-corrected chi connectivity index (χ1v) is 5.31. The van der Waals surface area contributed by atoms with Crippen LogP contribution in [0.1, 0.15) is 19.0 Å². The molecule has 1 atom stereocenters. The highest BCUT2D eigenvalue weighted by molar-refractivity contribution is 4.97. The van der Waals surface area contributed by atoms with Crippen molar-refractivity contribution in [3.05, 3.63) is 18.2 Å². The second kappa shape index (κ2) is 6.55. The lowest BCUT2D eigenvalue weighted by molar-refractivity contribution is -0.00347. The highest BCUT2D eigenvalue weighted by atomic mass is 19.3. The zero-order chi connectivity index (χ0) is 12.0. The number of aliphatic hydroxyl groups is 1. The van der Waals surface area contributed by atoms with Crippen molar-refractivity contribution in [3.63, 3.8) is 0 Å². The Morgan fingerprint density at radius 3 is 2.94 bits per heavy atom. The largest absolute Gasteiger partial charge is 0.386 e. The molecule has 16 heavy (non-hydrogen) atoms. The SMILES string of the molecule is CCCn1cncc1CNCC(O)C(F)F. The summed E-state index contributed by atoms with van der Waals surface area (Å²) in [7, 11) is 0.